The number of esters is 1. The minimum Gasteiger partial charge on any atom is -0.465 e. The molecule has 1 rings (SSSR count). The summed E-state index contributed by atoms with van der Waals surface area (Å²) < 4.78 is 40.8. The number of halogens is 3. The molecule has 0 aromatic rings. The van der Waals surface area contributed by atoms with Gasteiger partial charge in [0.15, 0.2) is 0 Å². The Morgan fingerprint density at radius 1 is 1.41 bits per heavy atom. The van der Waals surface area contributed by atoms with Gasteiger partial charge < -0.3 is 4.74 Å². The van der Waals surface area contributed by atoms with Crippen LogP contribution in [0.3, 0.4) is 0 Å². The van der Waals surface area contributed by atoms with Crippen LogP contribution in [0.4, 0.5) is 13.2 Å². The van der Waals surface area contributed by atoms with Gasteiger partial charge in [0.2, 0.25) is 0 Å². The first-order chi connectivity index (χ1) is 7.92. The van der Waals surface area contributed by atoms with Crippen molar-refractivity contribution < 1.29 is 22.7 Å². The molecular weight excluding hydrogens is 235 g/mol. The van der Waals surface area contributed by atoms with Crippen LogP contribution in [0.5, 0.6) is 0 Å². The number of alkyl halides is 3. The van der Waals surface area contributed by atoms with Crippen LogP contribution in [0.15, 0.2) is 0 Å². The molecule has 0 aliphatic heterocycles. The number of ether oxygens (including phenoxy) is 1. The van der Waals surface area contributed by atoms with Gasteiger partial charge in [-0.05, 0) is 32.7 Å². The van der Waals surface area contributed by atoms with Gasteiger partial charge in [-0.2, -0.15) is 13.2 Å². The molecule has 0 aromatic heterocycles. The standard InChI is InChI=1S/C11H18F3NO2/c1-2-17-10(16)8-15(9-4-5-9)7-3-6-11(12,13)14/h9H,2-8H2,1H3. The molecule has 100 valence electrons. The molecule has 0 unspecified atom stereocenters. The second-order valence-electron chi connectivity index (χ2n) is 4.23. The van der Waals surface area contributed by atoms with Crippen LogP contribution in [0.2, 0.25) is 0 Å². The van der Waals surface area contributed by atoms with Gasteiger partial charge in [0.25, 0.3) is 0 Å². The SMILES string of the molecule is CCOC(=O)CN(CCCC(F)(F)F)C1CC1. The summed E-state index contributed by atoms with van der Waals surface area (Å²) in [5, 5.41) is 0. The van der Waals surface area contributed by atoms with Gasteiger partial charge in [0, 0.05) is 12.5 Å². The van der Waals surface area contributed by atoms with Gasteiger partial charge in [-0.15, -0.1) is 0 Å². The Kier molecular flexibility index (Phi) is 5.24. The van der Waals surface area contributed by atoms with E-state index in [2.05, 4.69) is 0 Å². The first-order valence-corrected chi connectivity index (χ1v) is 5.89. The van der Waals surface area contributed by atoms with Crippen molar-refractivity contribution in [3.63, 3.8) is 0 Å². The van der Waals surface area contributed by atoms with E-state index in [1.54, 1.807) is 11.8 Å². The zero-order valence-electron chi connectivity index (χ0n) is 9.92. The molecule has 0 heterocycles. The average Bonchev–Trinajstić information content (AvgIpc) is 2.97. The van der Waals surface area contributed by atoms with Crippen molar-refractivity contribution in [3.05, 3.63) is 0 Å². The highest BCUT2D eigenvalue weighted by Gasteiger charge is 2.32. The number of carbonyl (C=O) groups excluding carboxylic acids is 1. The molecule has 0 saturated heterocycles. The summed E-state index contributed by atoms with van der Waals surface area (Å²) in [7, 11) is 0. The second kappa shape index (κ2) is 6.23. The van der Waals surface area contributed by atoms with Gasteiger partial charge in [0.1, 0.15) is 0 Å². The quantitative estimate of drug-likeness (QED) is 0.652. The summed E-state index contributed by atoms with van der Waals surface area (Å²) >= 11 is 0. The van der Waals surface area contributed by atoms with Crippen LogP contribution in [0, 0.1) is 0 Å². The molecule has 17 heavy (non-hydrogen) atoms. The Labute approximate surface area is 98.9 Å². The summed E-state index contributed by atoms with van der Waals surface area (Å²) in [6.07, 6.45) is -2.94. The maximum Gasteiger partial charge on any atom is 0.389 e. The molecule has 0 radical (unpaired) electrons. The fraction of sp³-hybridized carbons (Fsp3) is 0.909. The van der Waals surface area contributed by atoms with Crippen molar-refractivity contribution in [2.45, 2.75) is 44.8 Å². The number of nitrogens with zero attached hydrogens (tertiary/aromatic N) is 1. The third-order valence-corrected chi connectivity index (χ3v) is 2.61. The van der Waals surface area contributed by atoms with Crippen molar-refractivity contribution in [1.82, 2.24) is 4.90 Å². The highest BCUT2D eigenvalue weighted by molar-refractivity contribution is 5.71. The van der Waals surface area contributed by atoms with E-state index >= 15 is 0 Å². The number of hydrogen-bond acceptors (Lipinski definition) is 3. The summed E-state index contributed by atoms with van der Waals surface area (Å²) in [6, 6.07) is 0.271. The van der Waals surface area contributed by atoms with Crippen LogP contribution >= 0.6 is 0 Å². The van der Waals surface area contributed by atoms with Crippen LogP contribution in [0.25, 0.3) is 0 Å². The van der Waals surface area contributed by atoms with Crippen molar-refractivity contribution in [2.75, 3.05) is 19.7 Å². The van der Waals surface area contributed by atoms with Gasteiger partial charge in [-0.3, -0.25) is 9.69 Å². The molecular formula is C11H18F3NO2. The summed E-state index contributed by atoms with van der Waals surface area (Å²) in [6.45, 7) is 2.43. The molecule has 0 bridgehead atoms. The van der Waals surface area contributed by atoms with Crippen molar-refractivity contribution in [2.24, 2.45) is 0 Å². The number of hydrogen-bond donors (Lipinski definition) is 0. The zero-order chi connectivity index (χ0) is 12.9. The fourth-order valence-electron chi connectivity index (χ4n) is 1.69. The fourth-order valence-corrected chi connectivity index (χ4v) is 1.69. The Morgan fingerprint density at radius 2 is 2.06 bits per heavy atom. The zero-order valence-corrected chi connectivity index (χ0v) is 9.92. The van der Waals surface area contributed by atoms with Gasteiger partial charge >= 0.3 is 12.1 Å². The smallest absolute Gasteiger partial charge is 0.389 e. The maximum absolute atomic E-state index is 12.0. The van der Waals surface area contributed by atoms with Gasteiger partial charge in [0.05, 0.1) is 13.2 Å². The average molecular weight is 253 g/mol. The topological polar surface area (TPSA) is 29.5 Å². The molecule has 0 amide bonds. The number of rotatable bonds is 7. The molecule has 0 N–H and O–H groups in total. The van der Waals surface area contributed by atoms with Gasteiger partial charge in [-0.25, -0.2) is 0 Å². The van der Waals surface area contributed by atoms with Crippen LogP contribution in [-0.2, 0) is 9.53 Å². The molecule has 3 nitrogen and oxygen atoms in total. The van der Waals surface area contributed by atoms with Crippen molar-refractivity contribution in [3.8, 4) is 0 Å². The Morgan fingerprint density at radius 3 is 2.53 bits per heavy atom. The lowest BCUT2D eigenvalue weighted by atomic mass is 10.3. The predicted molar refractivity (Wildman–Crippen MR) is 56.5 cm³/mol. The molecule has 0 spiro atoms. The van der Waals surface area contributed by atoms with E-state index < -0.39 is 12.6 Å². The molecule has 6 heteroatoms. The first kappa shape index (κ1) is 14.3. The minimum atomic E-state index is -4.11. The Hall–Kier alpha value is -0.780. The monoisotopic (exact) mass is 253 g/mol. The second-order valence-corrected chi connectivity index (χ2v) is 4.23. The van der Waals surface area contributed by atoms with E-state index in [0.717, 1.165) is 12.8 Å². The molecule has 1 aliphatic carbocycles. The molecule has 0 aromatic carbocycles. The lowest BCUT2D eigenvalue weighted by Gasteiger charge is -2.20. The molecule has 0 atom stereocenters. The Bertz CT molecular complexity index is 252. The van der Waals surface area contributed by atoms with Crippen molar-refractivity contribution in [1.29, 1.82) is 0 Å². The van der Waals surface area contributed by atoms with E-state index in [-0.39, 0.29) is 25.0 Å². The highest BCUT2D eigenvalue weighted by Crippen LogP contribution is 2.28. The first-order valence-electron chi connectivity index (χ1n) is 5.89. The third kappa shape index (κ3) is 6.51. The lowest BCUT2D eigenvalue weighted by Crippen LogP contribution is -2.34. The van der Waals surface area contributed by atoms with E-state index in [1.165, 1.54) is 0 Å². The van der Waals surface area contributed by atoms with E-state index in [4.69, 9.17) is 4.74 Å². The van der Waals surface area contributed by atoms with E-state index in [9.17, 15) is 18.0 Å². The van der Waals surface area contributed by atoms with E-state index in [0.29, 0.717) is 13.2 Å². The van der Waals surface area contributed by atoms with Crippen molar-refractivity contribution >= 4 is 5.97 Å². The van der Waals surface area contributed by atoms with E-state index in [1.807, 2.05) is 0 Å². The predicted octanol–water partition coefficient (Wildman–Crippen LogP) is 2.36. The summed E-state index contributed by atoms with van der Waals surface area (Å²) in [5.41, 5.74) is 0. The normalized spacial score (nSPS) is 16.3. The van der Waals surface area contributed by atoms with Crippen LogP contribution < -0.4 is 0 Å². The van der Waals surface area contributed by atoms with Crippen LogP contribution in [0.1, 0.15) is 32.6 Å². The lowest BCUT2D eigenvalue weighted by molar-refractivity contribution is -0.145. The van der Waals surface area contributed by atoms with Gasteiger partial charge in [-0.1, -0.05) is 0 Å². The third-order valence-electron chi connectivity index (χ3n) is 2.61. The summed E-state index contributed by atoms with van der Waals surface area (Å²) in [4.78, 5) is 13.1. The molecule has 1 fully saturated rings. The highest BCUT2D eigenvalue weighted by atomic mass is 19.4. The minimum absolute atomic E-state index is 0.0411. The molecule has 1 aliphatic rings. The van der Waals surface area contributed by atoms with Crippen LogP contribution in [-0.4, -0.2) is 42.8 Å². The Balaban J connectivity index is 2.26. The maximum atomic E-state index is 12.0. The largest absolute Gasteiger partial charge is 0.465 e. The summed E-state index contributed by atoms with van der Waals surface area (Å²) in [5.74, 6) is -0.355. The molecule has 1 saturated carbocycles. The number of carbonyl (C=O) groups is 1.